The van der Waals surface area contributed by atoms with Gasteiger partial charge in [-0.1, -0.05) is 6.92 Å². The number of allylic oxidation sites excluding steroid dienone is 1. The Morgan fingerprint density at radius 1 is 1.22 bits per heavy atom. The SMILES string of the molecule is CCCOc1ccc(NC2=C(C(=O)OCC)C(=O)C(=Cc3c[nH]c4ncccc34)O2)cc1. The zero-order valence-corrected chi connectivity index (χ0v) is 17.8. The molecule has 164 valence electrons. The van der Waals surface area contributed by atoms with E-state index in [0.29, 0.717) is 17.9 Å². The molecule has 0 unspecified atom stereocenters. The van der Waals surface area contributed by atoms with E-state index in [0.717, 1.165) is 23.1 Å². The normalized spacial score (nSPS) is 14.7. The van der Waals surface area contributed by atoms with E-state index in [4.69, 9.17) is 14.2 Å². The number of Topliss-reactive ketones (excluding diaryl/α,β-unsaturated/α-hetero) is 1. The van der Waals surface area contributed by atoms with Crippen LogP contribution < -0.4 is 10.1 Å². The zero-order valence-electron chi connectivity index (χ0n) is 17.8. The summed E-state index contributed by atoms with van der Waals surface area (Å²) in [5.41, 5.74) is 1.86. The topological polar surface area (TPSA) is 103 Å². The maximum absolute atomic E-state index is 13.0. The van der Waals surface area contributed by atoms with Crippen LogP contribution in [0.3, 0.4) is 0 Å². The Morgan fingerprint density at radius 3 is 2.78 bits per heavy atom. The number of anilines is 1. The number of benzene rings is 1. The third-order valence-corrected chi connectivity index (χ3v) is 4.72. The van der Waals surface area contributed by atoms with Gasteiger partial charge in [0.05, 0.1) is 13.2 Å². The molecule has 1 aliphatic heterocycles. The summed E-state index contributed by atoms with van der Waals surface area (Å²) >= 11 is 0. The van der Waals surface area contributed by atoms with Gasteiger partial charge < -0.3 is 24.5 Å². The largest absolute Gasteiger partial charge is 0.494 e. The van der Waals surface area contributed by atoms with Crippen molar-refractivity contribution in [2.45, 2.75) is 20.3 Å². The maximum Gasteiger partial charge on any atom is 0.347 e. The molecule has 0 spiro atoms. The van der Waals surface area contributed by atoms with E-state index in [1.807, 2.05) is 13.0 Å². The lowest BCUT2D eigenvalue weighted by atomic mass is 10.1. The average Bonchev–Trinajstić information content (AvgIpc) is 3.34. The highest BCUT2D eigenvalue weighted by atomic mass is 16.5. The highest BCUT2D eigenvalue weighted by molar-refractivity contribution is 6.26. The summed E-state index contributed by atoms with van der Waals surface area (Å²) in [5, 5.41) is 3.84. The number of pyridine rings is 1. The highest BCUT2D eigenvalue weighted by Gasteiger charge is 2.37. The predicted molar refractivity (Wildman–Crippen MR) is 120 cm³/mol. The minimum atomic E-state index is -0.744. The van der Waals surface area contributed by atoms with Crippen molar-refractivity contribution in [2.24, 2.45) is 0 Å². The Hall–Kier alpha value is -4.07. The van der Waals surface area contributed by atoms with Crippen LogP contribution in [-0.4, -0.2) is 34.9 Å². The van der Waals surface area contributed by atoms with E-state index in [1.54, 1.807) is 55.7 Å². The van der Waals surface area contributed by atoms with Gasteiger partial charge in [-0.2, -0.15) is 0 Å². The van der Waals surface area contributed by atoms with Gasteiger partial charge in [-0.05, 0) is 55.8 Å². The lowest BCUT2D eigenvalue weighted by molar-refractivity contribution is -0.139. The molecule has 32 heavy (non-hydrogen) atoms. The monoisotopic (exact) mass is 433 g/mol. The number of aromatic nitrogens is 2. The summed E-state index contributed by atoms with van der Waals surface area (Å²) in [5.74, 6) is -0.518. The first-order valence-corrected chi connectivity index (χ1v) is 10.4. The second kappa shape index (κ2) is 9.38. The Balaban J connectivity index is 1.62. The summed E-state index contributed by atoms with van der Waals surface area (Å²) in [7, 11) is 0. The molecule has 0 radical (unpaired) electrons. The van der Waals surface area contributed by atoms with Gasteiger partial charge in [0.2, 0.25) is 11.7 Å². The number of fused-ring (bicyclic) bond motifs is 1. The van der Waals surface area contributed by atoms with Crippen LogP contribution >= 0.6 is 0 Å². The number of nitrogens with one attached hydrogen (secondary N) is 2. The number of carbonyl (C=O) groups excluding carboxylic acids is 2. The number of aromatic amines is 1. The number of hydrogen-bond donors (Lipinski definition) is 2. The first-order chi connectivity index (χ1) is 15.6. The molecule has 8 nitrogen and oxygen atoms in total. The molecule has 1 aliphatic rings. The summed E-state index contributed by atoms with van der Waals surface area (Å²) in [6.07, 6.45) is 5.89. The minimum absolute atomic E-state index is 0.0169. The van der Waals surface area contributed by atoms with Gasteiger partial charge in [-0.25, -0.2) is 9.78 Å². The molecule has 0 saturated carbocycles. The van der Waals surface area contributed by atoms with Crippen LogP contribution in [0, 0.1) is 0 Å². The lowest BCUT2D eigenvalue weighted by Gasteiger charge is -2.10. The number of carbonyl (C=O) groups is 2. The van der Waals surface area contributed by atoms with E-state index in [9.17, 15) is 9.59 Å². The van der Waals surface area contributed by atoms with Crippen molar-refractivity contribution in [1.29, 1.82) is 0 Å². The number of nitrogens with zero attached hydrogens (tertiary/aromatic N) is 1. The molecule has 0 bridgehead atoms. The Labute approximate surface area is 184 Å². The lowest BCUT2D eigenvalue weighted by Crippen LogP contribution is -2.16. The van der Waals surface area contributed by atoms with Gasteiger partial charge in [0.15, 0.2) is 11.3 Å². The molecule has 1 aromatic carbocycles. The molecule has 8 heteroatoms. The van der Waals surface area contributed by atoms with Gasteiger partial charge in [0.1, 0.15) is 11.4 Å². The number of ketones is 1. The average molecular weight is 433 g/mol. The molecule has 4 rings (SSSR count). The standard InChI is InChI=1S/C24H23N3O5/c1-3-12-31-17-9-7-16(8-10-17)27-23-20(24(29)30-4-2)21(28)19(32-23)13-15-14-26-22-18(15)6-5-11-25-22/h5-11,13-14,27H,3-4,12H2,1-2H3,(H,25,26). The predicted octanol–water partition coefficient (Wildman–Crippen LogP) is 4.18. The van der Waals surface area contributed by atoms with Crippen LogP contribution in [0.4, 0.5) is 5.69 Å². The minimum Gasteiger partial charge on any atom is -0.494 e. The molecule has 0 atom stereocenters. The fourth-order valence-corrected chi connectivity index (χ4v) is 3.23. The fraction of sp³-hybridized carbons (Fsp3) is 0.208. The Kier molecular flexibility index (Phi) is 6.21. The molecule has 0 amide bonds. The summed E-state index contributed by atoms with van der Waals surface area (Å²) < 4.78 is 16.5. The first kappa shape index (κ1) is 21.2. The fourth-order valence-electron chi connectivity index (χ4n) is 3.23. The second-order valence-electron chi connectivity index (χ2n) is 7.01. The van der Waals surface area contributed by atoms with Crippen molar-refractivity contribution < 1.29 is 23.8 Å². The van der Waals surface area contributed by atoms with Gasteiger partial charge >= 0.3 is 5.97 Å². The van der Waals surface area contributed by atoms with Gasteiger partial charge in [-0.3, -0.25) is 4.79 Å². The van der Waals surface area contributed by atoms with Crippen LogP contribution in [0.2, 0.25) is 0 Å². The molecular formula is C24H23N3O5. The molecule has 2 aromatic heterocycles. The number of ether oxygens (including phenoxy) is 3. The molecule has 3 heterocycles. The molecule has 0 aliphatic carbocycles. The summed E-state index contributed by atoms with van der Waals surface area (Å²) in [6, 6.07) is 10.8. The van der Waals surface area contributed by atoms with Crippen molar-refractivity contribution in [1.82, 2.24) is 9.97 Å². The molecule has 0 fully saturated rings. The van der Waals surface area contributed by atoms with Crippen LogP contribution in [-0.2, 0) is 19.1 Å². The van der Waals surface area contributed by atoms with Crippen molar-refractivity contribution >= 4 is 34.5 Å². The number of hydrogen-bond acceptors (Lipinski definition) is 7. The van der Waals surface area contributed by atoms with Gasteiger partial charge in [0, 0.05) is 29.0 Å². The maximum atomic E-state index is 13.0. The van der Waals surface area contributed by atoms with E-state index in [-0.39, 0.29) is 23.8 Å². The third kappa shape index (κ3) is 4.34. The van der Waals surface area contributed by atoms with Crippen molar-refractivity contribution in [3.63, 3.8) is 0 Å². The van der Waals surface area contributed by atoms with E-state index < -0.39 is 11.8 Å². The van der Waals surface area contributed by atoms with Gasteiger partial charge in [-0.15, -0.1) is 0 Å². The van der Waals surface area contributed by atoms with E-state index >= 15 is 0 Å². The van der Waals surface area contributed by atoms with Crippen LogP contribution in [0.15, 0.2) is 66.0 Å². The van der Waals surface area contributed by atoms with Crippen LogP contribution in [0.5, 0.6) is 5.75 Å². The molecular weight excluding hydrogens is 410 g/mol. The highest BCUT2D eigenvalue weighted by Crippen LogP contribution is 2.30. The van der Waals surface area contributed by atoms with Crippen molar-refractivity contribution in [2.75, 3.05) is 18.5 Å². The number of H-pyrrole nitrogens is 1. The molecule has 3 aromatic rings. The van der Waals surface area contributed by atoms with Crippen LogP contribution in [0.1, 0.15) is 25.8 Å². The van der Waals surface area contributed by atoms with E-state index in [1.165, 1.54) is 0 Å². The quantitative estimate of drug-likeness (QED) is 0.312. The smallest absolute Gasteiger partial charge is 0.347 e. The van der Waals surface area contributed by atoms with Crippen molar-refractivity contribution in [3.8, 4) is 5.75 Å². The molecule has 0 saturated heterocycles. The van der Waals surface area contributed by atoms with E-state index in [2.05, 4.69) is 15.3 Å². The Morgan fingerprint density at radius 2 is 2.03 bits per heavy atom. The third-order valence-electron chi connectivity index (χ3n) is 4.72. The van der Waals surface area contributed by atoms with Crippen molar-refractivity contribution in [3.05, 3.63) is 71.6 Å². The number of esters is 1. The summed E-state index contributed by atoms with van der Waals surface area (Å²) in [6.45, 7) is 4.47. The Bertz CT molecular complexity index is 1210. The first-order valence-electron chi connectivity index (χ1n) is 10.4. The van der Waals surface area contributed by atoms with Gasteiger partial charge in [0.25, 0.3) is 0 Å². The second-order valence-corrected chi connectivity index (χ2v) is 7.01. The zero-order chi connectivity index (χ0) is 22.5. The van der Waals surface area contributed by atoms with Crippen LogP contribution in [0.25, 0.3) is 17.1 Å². The summed E-state index contributed by atoms with van der Waals surface area (Å²) in [4.78, 5) is 32.8. The number of rotatable bonds is 8. The molecule has 2 N–H and O–H groups in total.